The Morgan fingerprint density at radius 2 is 2.21 bits per heavy atom. The summed E-state index contributed by atoms with van der Waals surface area (Å²) in [5.41, 5.74) is 0.428. The minimum atomic E-state index is -0.598. The summed E-state index contributed by atoms with van der Waals surface area (Å²) in [6, 6.07) is 11.5. The molecule has 0 aliphatic carbocycles. The van der Waals surface area contributed by atoms with Gasteiger partial charge in [-0.05, 0) is 25.8 Å². The summed E-state index contributed by atoms with van der Waals surface area (Å²) in [6.07, 6.45) is 0.474. The van der Waals surface area contributed by atoms with Crippen LogP contribution < -0.4 is 5.32 Å². The molecule has 0 radical (unpaired) electrons. The molecule has 2 rings (SSSR count). The third-order valence-corrected chi connectivity index (χ3v) is 3.59. The Hall–Kier alpha value is -1.86. The van der Waals surface area contributed by atoms with Gasteiger partial charge in [0, 0.05) is 0 Å². The van der Waals surface area contributed by atoms with E-state index in [0.29, 0.717) is 13.0 Å². The van der Waals surface area contributed by atoms with Crippen LogP contribution in [0.4, 0.5) is 0 Å². The first-order valence-corrected chi connectivity index (χ1v) is 6.49. The molecule has 100 valence electrons. The second-order valence-electron chi connectivity index (χ2n) is 5.05. The van der Waals surface area contributed by atoms with E-state index in [1.165, 1.54) is 0 Å². The molecule has 0 bridgehead atoms. The molecule has 3 unspecified atom stereocenters. The van der Waals surface area contributed by atoms with E-state index >= 15 is 0 Å². The molecule has 1 fully saturated rings. The summed E-state index contributed by atoms with van der Waals surface area (Å²) < 4.78 is 5.04. The highest BCUT2D eigenvalue weighted by Crippen LogP contribution is 2.43. The number of nitriles is 1. The highest BCUT2D eigenvalue weighted by Gasteiger charge is 2.47. The molecule has 0 spiro atoms. The zero-order valence-electron chi connectivity index (χ0n) is 11.2. The van der Waals surface area contributed by atoms with Crippen LogP contribution >= 0.6 is 0 Å². The lowest BCUT2D eigenvalue weighted by Crippen LogP contribution is -2.34. The lowest BCUT2D eigenvalue weighted by atomic mass is 9.80. The molecular formula is C15H18N2O2. The van der Waals surface area contributed by atoms with Crippen molar-refractivity contribution in [3.63, 3.8) is 0 Å². The van der Waals surface area contributed by atoms with Gasteiger partial charge < -0.3 is 4.74 Å². The van der Waals surface area contributed by atoms with E-state index < -0.39 is 11.5 Å². The zero-order valence-corrected chi connectivity index (χ0v) is 11.2. The van der Waals surface area contributed by atoms with Crippen molar-refractivity contribution in [3.8, 4) is 6.07 Å². The summed E-state index contributed by atoms with van der Waals surface area (Å²) >= 11 is 0. The van der Waals surface area contributed by atoms with Gasteiger partial charge in [0.1, 0.15) is 6.04 Å². The van der Waals surface area contributed by atoms with E-state index in [0.717, 1.165) is 5.56 Å². The maximum Gasteiger partial charge on any atom is 0.323 e. The number of ether oxygens (including phenoxy) is 1. The Morgan fingerprint density at radius 3 is 2.79 bits per heavy atom. The number of nitrogens with one attached hydrogen (secondary N) is 1. The van der Waals surface area contributed by atoms with Gasteiger partial charge in [-0.1, -0.05) is 30.3 Å². The van der Waals surface area contributed by atoms with Crippen molar-refractivity contribution in [3.05, 3.63) is 35.9 Å². The molecule has 0 aromatic heterocycles. The van der Waals surface area contributed by atoms with Crippen LogP contribution in [0.25, 0.3) is 0 Å². The molecular weight excluding hydrogens is 240 g/mol. The van der Waals surface area contributed by atoms with Crippen LogP contribution in [0.2, 0.25) is 0 Å². The molecule has 1 aliphatic heterocycles. The predicted molar refractivity (Wildman–Crippen MR) is 71.1 cm³/mol. The number of benzene rings is 1. The van der Waals surface area contributed by atoms with Crippen LogP contribution in [0.1, 0.15) is 31.9 Å². The first kappa shape index (κ1) is 13.6. The van der Waals surface area contributed by atoms with Gasteiger partial charge in [0.25, 0.3) is 0 Å². The smallest absolute Gasteiger partial charge is 0.323 e. The van der Waals surface area contributed by atoms with Gasteiger partial charge in [0.2, 0.25) is 0 Å². The molecule has 4 heteroatoms. The van der Waals surface area contributed by atoms with E-state index in [4.69, 9.17) is 4.74 Å². The summed E-state index contributed by atoms with van der Waals surface area (Å²) in [5, 5.41) is 12.7. The average molecular weight is 258 g/mol. The molecule has 3 atom stereocenters. The third kappa shape index (κ3) is 2.61. The predicted octanol–water partition coefficient (Wildman–Crippen LogP) is 2.18. The average Bonchev–Trinajstić information content (AvgIpc) is 2.79. The number of rotatable bonds is 3. The van der Waals surface area contributed by atoms with Crippen LogP contribution in [0.15, 0.2) is 30.3 Å². The maximum atomic E-state index is 11.8. The Balaban J connectivity index is 2.24. The van der Waals surface area contributed by atoms with Crippen LogP contribution in [0.3, 0.4) is 0 Å². The second kappa shape index (κ2) is 5.41. The monoisotopic (exact) mass is 258 g/mol. The topological polar surface area (TPSA) is 62.1 Å². The standard InChI is InChI=1S/C15H18N2O2/c1-3-19-14(18)12-9-15(2,10-16)13(17-12)11-7-5-4-6-8-11/h4-8,12-13,17H,3,9H2,1-2H3. The van der Waals surface area contributed by atoms with E-state index in [1.54, 1.807) is 6.92 Å². The summed E-state index contributed by atoms with van der Waals surface area (Å²) in [7, 11) is 0. The Bertz CT molecular complexity index is 495. The van der Waals surface area contributed by atoms with Crippen molar-refractivity contribution < 1.29 is 9.53 Å². The summed E-state index contributed by atoms with van der Waals surface area (Å²) in [6.45, 7) is 4.03. The van der Waals surface area contributed by atoms with E-state index in [2.05, 4.69) is 11.4 Å². The Labute approximate surface area is 113 Å². The zero-order chi connectivity index (χ0) is 13.9. The quantitative estimate of drug-likeness (QED) is 0.844. The number of hydrogen-bond donors (Lipinski definition) is 1. The van der Waals surface area contributed by atoms with Gasteiger partial charge in [-0.15, -0.1) is 0 Å². The molecule has 1 saturated heterocycles. The molecule has 0 saturated carbocycles. The molecule has 4 nitrogen and oxygen atoms in total. The molecule has 1 aromatic carbocycles. The van der Waals surface area contributed by atoms with Crippen LogP contribution in [-0.4, -0.2) is 18.6 Å². The lowest BCUT2D eigenvalue weighted by Gasteiger charge is -2.23. The van der Waals surface area contributed by atoms with E-state index in [-0.39, 0.29) is 12.0 Å². The van der Waals surface area contributed by atoms with Crippen molar-refractivity contribution in [1.82, 2.24) is 5.32 Å². The van der Waals surface area contributed by atoms with Gasteiger partial charge in [0.15, 0.2) is 0 Å². The normalized spacial score (nSPS) is 29.7. The van der Waals surface area contributed by atoms with Gasteiger partial charge in [0.05, 0.1) is 24.1 Å². The lowest BCUT2D eigenvalue weighted by molar-refractivity contribution is -0.145. The van der Waals surface area contributed by atoms with Crippen LogP contribution in [0, 0.1) is 16.7 Å². The number of esters is 1. The largest absolute Gasteiger partial charge is 0.465 e. The number of hydrogen-bond acceptors (Lipinski definition) is 4. The van der Waals surface area contributed by atoms with Crippen molar-refractivity contribution in [2.45, 2.75) is 32.4 Å². The van der Waals surface area contributed by atoms with E-state index in [9.17, 15) is 10.1 Å². The molecule has 1 aliphatic rings. The maximum absolute atomic E-state index is 11.8. The third-order valence-electron chi connectivity index (χ3n) is 3.59. The van der Waals surface area contributed by atoms with Crippen molar-refractivity contribution >= 4 is 5.97 Å². The minimum absolute atomic E-state index is 0.145. The first-order chi connectivity index (χ1) is 9.10. The van der Waals surface area contributed by atoms with Crippen LogP contribution in [0.5, 0.6) is 0 Å². The summed E-state index contributed by atoms with van der Waals surface area (Å²) in [5.74, 6) is -0.276. The molecule has 19 heavy (non-hydrogen) atoms. The molecule has 1 heterocycles. The van der Waals surface area contributed by atoms with Gasteiger partial charge in [-0.25, -0.2) is 0 Å². The Kier molecular flexibility index (Phi) is 3.87. The highest BCUT2D eigenvalue weighted by atomic mass is 16.5. The first-order valence-electron chi connectivity index (χ1n) is 6.49. The fourth-order valence-electron chi connectivity index (χ4n) is 2.60. The minimum Gasteiger partial charge on any atom is -0.465 e. The van der Waals surface area contributed by atoms with Crippen molar-refractivity contribution in [2.24, 2.45) is 5.41 Å². The fraction of sp³-hybridized carbons (Fsp3) is 0.467. The number of nitrogens with zero attached hydrogens (tertiary/aromatic N) is 1. The number of carbonyl (C=O) groups is 1. The SMILES string of the molecule is CCOC(=O)C1CC(C)(C#N)C(c2ccccc2)N1. The van der Waals surface area contributed by atoms with E-state index in [1.807, 2.05) is 37.3 Å². The van der Waals surface area contributed by atoms with Gasteiger partial charge in [-0.2, -0.15) is 5.26 Å². The van der Waals surface area contributed by atoms with Gasteiger partial charge >= 0.3 is 5.97 Å². The molecule has 0 amide bonds. The second-order valence-corrected chi connectivity index (χ2v) is 5.05. The summed E-state index contributed by atoms with van der Waals surface area (Å²) in [4.78, 5) is 11.8. The van der Waals surface area contributed by atoms with Crippen molar-refractivity contribution in [1.29, 1.82) is 5.26 Å². The molecule has 1 aromatic rings. The Morgan fingerprint density at radius 1 is 1.53 bits per heavy atom. The molecule has 1 N–H and O–H groups in total. The number of carbonyl (C=O) groups excluding carboxylic acids is 1. The fourth-order valence-corrected chi connectivity index (χ4v) is 2.60. The van der Waals surface area contributed by atoms with Crippen molar-refractivity contribution in [2.75, 3.05) is 6.61 Å². The van der Waals surface area contributed by atoms with Gasteiger partial charge in [-0.3, -0.25) is 10.1 Å². The van der Waals surface area contributed by atoms with Crippen LogP contribution in [-0.2, 0) is 9.53 Å². The highest BCUT2D eigenvalue weighted by molar-refractivity contribution is 5.76.